The molecule has 1 atom stereocenters. The maximum absolute atomic E-state index is 4.71. The van der Waals surface area contributed by atoms with E-state index in [0.29, 0.717) is 6.10 Å². The van der Waals surface area contributed by atoms with Gasteiger partial charge in [0, 0.05) is 0 Å². The zero-order chi connectivity index (χ0) is 34.0. The summed E-state index contributed by atoms with van der Waals surface area (Å²) in [6.07, 6.45) is 44.3. The summed E-state index contributed by atoms with van der Waals surface area (Å²) in [6, 6.07) is 0. The van der Waals surface area contributed by atoms with Gasteiger partial charge in [0.2, 0.25) is 0 Å². The average molecular weight is 605 g/mol. The van der Waals surface area contributed by atoms with Crippen LogP contribution in [0.15, 0.2) is 109 Å². The van der Waals surface area contributed by atoms with Crippen molar-refractivity contribution in [2.75, 3.05) is 18.6 Å². The van der Waals surface area contributed by atoms with Crippen LogP contribution in [0.5, 0.6) is 0 Å². The lowest BCUT2D eigenvalue weighted by molar-refractivity contribution is 0.423. The Morgan fingerprint density at radius 1 is 0.524 bits per heavy atom. The topological polar surface area (TPSA) is 12.5 Å². The third kappa shape index (κ3) is 144. The van der Waals surface area contributed by atoms with Crippen molar-refractivity contribution in [1.29, 1.82) is 0 Å². The monoisotopic (exact) mass is 605 g/mol. The van der Waals surface area contributed by atoms with Crippen LogP contribution in [0.1, 0.15) is 123 Å². The Kier molecular flexibility index (Phi) is 103. The number of thioether (sulfide) groups is 1. The first-order valence-corrected chi connectivity index (χ1v) is 17.4. The molecule has 0 bridgehead atoms. The van der Waals surface area contributed by atoms with E-state index in [1.807, 2.05) is 112 Å². The van der Waals surface area contributed by atoms with Gasteiger partial charge in [0.1, 0.15) is 0 Å². The van der Waals surface area contributed by atoms with E-state index in [2.05, 4.69) is 112 Å². The predicted molar refractivity (Wildman–Crippen MR) is 208 cm³/mol. The van der Waals surface area contributed by atoms with E-state index in [1.165, 1.54) is 5.75 Å². The van der Waals surface area contributed by atoms with Crippen molar-refractivity contribution in [2.24, 2.45) is 0 Å². The third-order valence-electron chi connectivity index (χ3n) is 3.99. The second-order valence-electron chi connectivity index (χ2n) is 7.87. The minimum Gasteiger partial charge on any atom is -0.373 e. The average Bonchev–Trinajstić information content (AvgIpc) is 3.82. The van der Waals surface area contributed by atoms with Crippen LogP contribution in [0.4, 0.5) is 0 Å². The third-order valence-corrected chi connectivity index (χ3v) is 4.56. The molecule has 248 valence electrons. The summed E-state index contributed by atoms with van der Waals surface area (Å²) in [5.41, 5.74) is 0. The Bertz CT molecular complexity index is 530. The molecular weight excluding hydrogens is 529 g/mol. The fourth-order valence-corrected chi connectivity index (χ4v) is 1.61. The van der Waals surface area contributed by atoms with Crippen molar-refractivity contribution >= 4 is 11.8 Å². The predicted octanol–water partition coefficient (Wildman–Crippen LogP) is 14.5. The van der Waals surface area contributed by atoms with E-state index < -0.39 is 0 Å². The maximum Gasteiger partial charge on any atom is 0.0781 e. The van der Waals surface area contributed by atoms with Crippen LogP contribution in [0.25, 0.3) is 0 Å². The SMILES string of the molecule is CC.CC1CO1.CC=CC=CC.CC=CCC.CC=CCC=CC.CC=CCC=CC.CC=CCC=CC.CCSC. The van der Waals surface area contributed by atoms with Crippen molar-refractivity contribution in [1.82, 2.24) is 0 Å². The number of ether oxygens (including phenoxy) is 1. The fourth-order valence-electron chi connectivity index (χ4n) is 1.61. The highest BCUT2D eigenvalue weighted by Crippen LogP contribution is 2.04. The van der Waals surface area contributed by atoms with Crippen molar-refractivity contribution in [3.05, 3.63) is 109 Å². The van der Waals surface area contributed by atoms with Crippen molar-refractivity contribution in [2.45, 2.75) is 129 Å². The lowest BCUT2D eigenvalue weighted by atomic mass is 10.3. The van der Waals surface area contributed by atoms with Crippen LogP contribution in [0.3, 0.4) is 0 Å². The molecular formula is C40H76OS. The van der Waals surface area contributed by atoms with E-state index in [1.54, 1.807) is 0 Å². The van der Waals surface area contributed by atoms with Gasteiger partial charge < -0.3 is 4.74 Å². The molecule has 0 aliphatic carbocycles. The molecule has 1 rings (SSSR count). The van der Waals surface area contributed by atoms with Crippen molar-refractivity contribution in [3.63, 3.8) is 0 Å². The second-order valence-corrected chi connectivity index (χ2v) is 9.03. The van der Waals surface area contributed by atoms with Gasteiger partial charge in [-0.3, -0.25) is 0 Å². The zero-order valence-corrected chi connectivity index (χ0v) is 31.8. The van der Waals surface area contributed by atoms with Gasteiger partial charge in [0.25, 0.3) is 0 Å². The molecule has 1 aliphatic heterocycles. The molecule has 42 heavy (non-hydrogen) atoms. The summed E-state index contributed by atoms with van der Waals surface area (Å²) in [7, 11) is 0. The molecule has 2 heteroatoms. The molecule has 0 amide bonds. The Hall–Kier alpha value is -2.03. The zero-order valence-electron chi connectivity index (χ0n) is 31.0. The van der Waals surface area contributed by atoms with Crippen LogP contribution >= 0.6 is 11.8 Å². The van der Waals surface area contributed by atoms with E-state index >= 15 is 0 Å². The van der Waals surface area contributed by atoms with Gasteiger partial charge in [0.15, 0.2) is 0 Å². The number of hydrogen-bond donors (Lipinski definition) is 0. The van der Waals surface area contributed by atoms with Gasteiger partial charge in [0.05, 0.1) is 12.7 Å². The Labute approximate surface area is 272 Å². The lowest BCUT2D eigenvalue weighted by Crippen LogP contribution is -1.60. The normalized spacial score (nSPS) is 13.4. The first kappa shape index (κ1) is 55.8. The van der Waals surface area contributed by atoms with Crippen LogP contribution in [-0.4, -0.2) is 24.7 Å². The van der Waals surface area contributed by atoms with E-state index in [-0.39, 0.29) is 0 Å². The molecule has 1 aliphatic rings. The van der Waals surface area contributed by atoms with E-state index in [0.717, 1.165) is 32.3 Å². The summed E-state index contributed by atoms with van der Waals surface area (Å²) in [6.45, 7) is 29.5. The number of epoxide rings is 1. The smallest absolute Gasteiger partial charge is 0.0781 e. The molecule has 1 saturated heterocycles. The standard InChI is InChI=1S/3C7H12.C6H10.C5H10.C3H6O.C3H8S.C2H6/c3*1-3-5-7-6-4-2;1-3-5-6-4-2;1-3-5-4-2;1-3-2-4-3;1-3-4-2;1-2/h3*3-6H,7H2,1-2H3;3-6H,1-2H3;3,5H,4H2,1-2H3;3H,2H2,1H3;3H2,1-2H3;1-2H3. The number of allylic oxidation sites excluding steroid dienone is 18. The van der Waals surface area contributed by atoms with Gasteiger partial charge in [-0.05, 0) is 107 Å². The molecule has 0 N–H and O–H groups in total. The van der Waals surface area contributed by atoms with Gasteiger partial charge in [-0.1, -0.05) is 137 Å². The minimum atomic E-state index is 0.583. The summed E-state index contributed by atoms with van der Waals surface area (Å²) >= 11 is 1.86. The summed E-state index contributed by atoms with van der Waals surface area (Å²) in [5, 5.41) is 0. The maximum atomic E-state index is 4.71. The molecule has 1 unspecified atom stereocenters. The molecule has 0 radical (unpaired) electrons. The molecule has 0 aromatic rings. The molecule has 0 aromatic carbocycles. The molecule has 1 nitrogen and oxygen atoms in total. The molecule has 0 spiro atoms. The minimum absolute atomic E-state index is 0.583. The van der Waals surface area contributed by atoms with E-state index in [9.17, 15) is 0 Å². The lowest BCUT2D eigenvalue weighted by Gasteiger charge is -1.73. The van der Waals surface area contributed by atoms with Gasteiger partial charge in [-0.2, -0.15) is 11.8 Å². The Balaban J connectivity index is -0.0000000679. The fraction of sp³-hybridized carbons (Fsp3) is 0.550. The van der Waals surface area contributed by atoms with Gasteiger partial charge >= 0.3 is 0 Å². The van der Waals surface area contributed by atoms with Crippen LogP contribution in [0.2, 0.25) is 0 Å². The van der Waals surface area contributed by atoms with Crippen molar-refractivity contribution < 1.29 is 4.74 Å². The van der Waals surface area contributed by atoms with Crippen molar-refractivity contribution in [3.8, 4) is 0 Å². The molecule has 1 fully saturated rings. The quantitative estimate of drug-likeness (QED) is 0.147. The Morgan fingerprint density at radius 2 is 0.738 bits per heavy atom. The highest BCUT2D eigenvalue weighted by molar-refractivity contribution is 7.98. The van der Waals surface area contributed by atoms with Crippen LogP contribution < -0.4 is 0 Å². The summed E-state index contributed by atoms with van der Waals surface area (Å²) in [5.74, 6) is 1.24. The molecule has 1 heterocycles. The van der Waals surface area contributed by atoms with Gasteiger partial charge in [-0.25, -0.2) is 0 Å². The van der Waals surface area contributed by atoms with Crippen LogP contribution in [0, 0.1) is 0 Å². The molecule has 0 saturated carbocycles. The summed E-state index contributed by atoms with van der Waals surface area (Å²) in [4.78, 5) is 0. The first-order valence-electron chi connectivity index (χ1n) is 16.0. The number of hydrogen-bond acceptors (Lipinski definition) is 2. The molecule has 0 aromatic heterocycles. The van der Waals surface area contributed by atoms with Crippen LogP contribution in [-0.2, 0) is 4.74 Å². The number of rotatable bonds is 9. The largest absolute Gasteiger partial charge is 0.373 e. The first-order chi connectivity index (χ1) is 20.4. The van der Waals surface area contributed by atoms with E-state index in [4.69, 9.17) is 4.74 Å². The van der Waals surface area contributed by atoms with Gasteiger partial charge in [-0.15, -0.1) is 0 Å². The second kappa shape index (κ2) is 77.2. The Morgan fingerprint density at radius 3 is 0.810 bits per heavy atom. The highest BCUT2D eigenvalue weighted by atomic mass is 32.2. The highest BCUT2D eigenvalue weighted by Gasteiger charge is 2.13. The summed E-state index contributed by atoms with van der Waals surface area (Å²) < 4.78 is 4.71.